The van der Waals surface area contributed by atoms with E-state index in [0.29, 0.717) is 32.5 Å². The number of nitrogens with zero attached hydrogens (tertiary/aromatic N) is 1. The molecule has 0 atom stereocenters. The van der Waals surface area contributed by atoms with Crippen molar-refractivity contribution in [1.29, 1.82) is 0 Å². The van der Waals surface area contributed by atoms with Crippen molar-refractivity contribution in [3.8, 4) is 0 Å². The normalized spacial score (nSPS) is 18.5. The van der Waals surface area contributed by atoms with Crippen LogP contribution in [-0.2, 0) is 20.0 Å². The van der Waals surface area contributed by atoms with Gasteiger partial charge in [-0.05, 0) is 30.4 Å². The van der Waals surface area contributed by atoms with Crippen molar-refractivity contribution in [2.45, 2.75) is 12.8 Å². The fourth-order valence-electron chi connectivity index (χ4n) is 2.46. The number of hydrogen-bond acceptors (Lipinski definition) is 4. The fourth-order valence-corrected chi connectivity index (χ4v) is 4.23. The molecule has 0 amide bonds. The van der Waals surface area contributed by atoms with Gasteiger partial charge in [-0.25, -0.2) is 25.9 Å². The summed E-state index contributed by atoms with van der Waals surface area (Å²) >= 11 is 0. The standard InChI is InChI=1S/C15H22N2O4S2/c1-22(18,19)17-10-7-15(8-11-17)13-16-23(20,21)12-9-14-5-3-2-4-6-14/h2-6,9,12,15-16H,7-8,10-11,13H2,1H3/b12-9+. The average molecular weight is 358 g/mol. The minimum Gasteiger partial charge on any atom is -0.213 e. The van der Waals surface area contributed by atoms with Crippen LogP contribution in [0, 0.1) is 5.92 Å². The Morgan fingerprint density at radius 1 is 1.13 bits per heavy atom. The topological polar surface area (TPSA) is 83.6 Å². The second-order valence-electron chi connectivity index (χ2n) is 5.71. The van der Waals surface area contributed by atoms with E-state index in [2.05, 4.69) is 4.72 Å². The third kappa shape index (κ3) is 6.06. The van der Waals surface area contributed by atoms with Gasteiger partial charge in [0.25, 0.3) is 0 Å². The maximum atomic E-state index is 12.0. The lowest BCUT2D eigenvalue weighted by Crippen LogP contribution is -2.40. The number of hydrogen-bond donors (Lipinski definition) is 1. The minimum absolute atomic E-state index is 0.160. The van der Waals surface area contributed by atoms with Crippen LogP contribution in [0.4, 0.5) is 0 Å². The van der Waals surface area contributed by atoms with Crippen molar-refractivity contribution >= 4 is 26.1 Å². The zero-order chi connectivity index (χ0) is 16.9. The molecule has 1 aromatic carbocycles. The highest BCUT2D eigenvalue weighted by Crippen LogP contribution is 2.18. The van der Waals surface area contributed by atoms with E-state index < -0.39 is 20.0 Å². The molecule has 1 aliphatic heterocycles. The molecule has 8 heteroatoms. The van der Waals surface area contributed by atoms with Crippen LogP contribution < -0.4 is 4.72 Å². The molecular weight excluding hydrogens is 336 g/mol. The smallest absolute Gasteiger partial charge is 0.213 e. The van der Waals surface area contributed by atoms with E-state index in [1.54, 1.807) is 6.08 Å². The number of nitrogens with one attached hydrogen (secondary N) is 1. The van der Waals surface area contributed by atoms with Crippen LogP contribution in [0.25, 0.3) is 6.08 Å². The van der Waals surface area contributed by atoms with Crippen molar-refractivity contribution < 1.29 is 16.8 Å². The van der Waals surface area contributed by atoms with Crippen LogP contribution in [0.15, 0.2) is 35.7 Å². The quantitative estimate of drug-likeness (QED) is 0.829. The zero-order valence-corrected chi connectivity index (χ0v) is 14.7. The first-order chi connectivity index (χ1) is 10.8. The third-order valence-electron chi connectivity index (χ3n) is 3.85. The average Bonchev–Trinajstić information content (AvgIpc) is 2.52. The van der Waals surface area contributed by atoms with Gasteiger partial charge in [0.05, 0.1) is 6.26 Å². The predicted molar refractivity (Wildman–Crippen MR) is 91.5 cm³/mol. The Morgan fingerprint density at radius 2 is 1.74 bits per heavy atom. The molecule has 0 saturated carbocycles. The molecule has 0 bridgehead atoms. The van der Waals surface area contributed by atoms with Crippen LogP contribution in [0.5, 0.6) is 0 Å². The lowest BCUT2D eigenvalue weighted by molar-refractivity contribution is 0.276. The molecule has 2 rings (SSSR count). The van der Waals surface area contributed by atoms with Gasteiger partial charge in [-0.1, -0.05) is 30.3 Å². The van der Waals surface area contributed by atoms with E-state index in [1.165, 1.54) is 10.6 Å². The van der Waals surface area contributed by atoms with E-state index in [-0.39, 0.29) is 5.92 Å². The van der Waals surface area contributed by atoms with E-state index in [4.69, 9.17) is 0 Å². The maximum absolute atomic E-state index is 12.0. The predicted octanol–water partition coefficient (Wildman–Crippen LogP) is 1.25. The highest BCUT2D eigenvalue weighted by Gasteiger charge is 2.25. The molecule has 1 heterocycles. The second-order valence-corrected chi connectivity index (χ2v) is 9.35. The molecule has 6 nitrogen and oxygen atoms in total. The van der Waals surface area contributed by atoms with E-state index >= 15 is 0 Å². The molecule has 1 saturated heterocycles. The van der Waals surface area contributed by atoms with Gasteiger partial charge in [0, 0.05) is 25.0 Å². The molecular formula is C15H22N2O4S2. The van der Waals surface area contributed by atoms with Crippen molar-refractivity contribution in [3.05, 3.63) is 41.3 Å². The molecule has 0 aromatic heterocycles. The monoisotopic (exact) mass is 358 g/mol. The van der Waals surface area contributed by atoms with E-state index in [0.717, 1.165) is 11.0 Å². The van der Waals surface area contributed by atoms with Gasteiger partial charge in [-0.3, -0.25) is 0 Å². The summed E-state index contributed by atoms with van der Waals surface area (Å²) in [6.45, 7) is 1.23. The van der Waals surface area contributed by atoms with Gasteiger partial charge in [0.15, 0.2) is 0 Å². The number of benzene rings is 1. The Kier molecular flexibility index (Phi) is 5.96. The van der Waals surface area contributed by atoms with Crippen LogP contribution in [-0.4, -0.2) is 47.0 Å². The summed E-state index contributed by atoms with van der Waals surface area (Å²) in [5.74, 6) is 0.160. The summed E-state index contributed by atoms with van der Waals surface area (Å²) in [6, 6.07) is 9.21. The Labute approximate surface area is 138 Å². The first-order valence-corrected chi connectivity index (χ1v) is 10.8. The van der Waals surface area contributed by atoms with Crippen LogP contribution in [0.2, 0.25) is 0 Å². The van der Waals surface area contributed by atoms with E-state index in [1.807, 2.05) is 30.3 Å². The van der Waals surface area contributed by atoms with Crippen molar-refractivity contribution in [3.63, 3.8) is 0 Å². The molecule has 0 spiro atoms. The SMILES string of the molecule is CS(=O)(=O)N1CCC(CNS(=O)(=O)/C=C/c2ccccc2)CC1. The zero-order valence-electron chi connectivity index (χ0n) is 13.1. The van der Waals surface area contributed by atoms with Gasteiger partial charge >= 0.3 is 0 Å². The summed E-state index contributed by atoms with van der Waals surface area (Å²) in [4.78, 5) is 0. The molecule has 1 aliphatic rings. The first-order valence-electron chi connectivity index (χ1n) is 7.44. The number of sulfonamides is 2. The van der Waals surface area contributed by atoms with Crippen LogP contribution >= 0.6 is 0 Å². The Bertz CT molecular complexity index is 735. The van der Waals surface area contributed by atoms with Gasteiger partial charge in [0.2, 0.25) is 20.0 Å². The lowest BCUT2D eigenvalue weighted by atomic mass is 9.99. The Hall–Kier alpha value is -1.22. The molecule has 128 valence electrons. The lowest BCUT2D eigenvalue weighted by Gasteiger charge is -2.30. The highest BCUT2D eigenvalue weighted by atomic mass is 32.2. The highest BCUT2D eigenvalue weighted by molar-refractivity contribution is 7.92. The largest absolute Gasteiger partial charge is 0.233 e. The number of rotatable bonds is 6. The molecule has 0 radical (unpaired) electrons. The van der Waals surface area contributed by atoms with Crippen molar-refractivity contribution in [1.82, 2.24) is 9.03 Å². The minimum atomic E-state index is -3.48. The Balaban J connectivity index is 1.83. The van der Waals surface area contributed by atoms with Gasteiger partial charge in [-0.15, -0.1) is 0 Å². The molecule has 0 unspecified atom stereocenters. The Morgan fingerprint density at radius 3 is 2.30 bits per heavy atom. The molecule has 23 heavy (non-hydrogen) atoms. The summed E-state index contributed by atoms with van der Waals surface area (Å²) in [6.07, 6.45) is 4.08. The summed E-state index contributed by atoms with van der Waals surface area (Å²) < 4.78 is 50.8. The van der Waals surface area contributed by atoms with Crippen LogP contribution in [0.3, 0.4) is 0 Å². The summed E-state index contributed by atoms with van der Waals surface area (Å²) in [7, 11) is -6.63. The van der Waals surface area contributed by atoms with E-state index in [9.17, 15) is 16.8 Å². The maximum Gasteiger partial charge on any atom is 0.233 e. The molecule has 1 aromatic rings. The molecule has 1 fully saturated rings. The van der Waals surface area contributed by atoms with Gasteiger partial charge < -0.3 is 0 Å². The number of piperidine rings is 1. The molecule has 1 N–H and O–H groups in total. The summed E-state index contributed by atoms with van der Waals surface area (Å²) in [5, 5.41) is 1.16. The summed E-state index contributed by atoms with van der Waals surface area (Å²) in [5.41, 5.74) is 0.819. The molecule has 0 aliphatic carbocycles. The van der Waals surface area contributed by atoms with Crippen molar-refractivity contribution in [2.24, 2.45) is 5.92 Å². The second kappa shape index (κ2) is 7.57. The van der Waals surface area contributed by atoms with Crippen molar-refractivity contribution in [2.75, 3.05) is 25.9 Å². The fraction of sp³-hybridized carbons (Fsp3) is 0.467. The first kappa shape index (κ1) is 18.1. The third-order valence-corrected chi connectivity index (χ3v) is 6.22. The van der Waals surface area contributed by atoms with Gasteiger partial charge in [0.1, 0.15) is 0 Å². The van der Waals surface area contributed by atoms with Gasteiger partial charge in [-0.2, -0.15) is 0 Å². The van der Waals surface area contributed by atoms with Crippen LogP contribution in [0.1, 0.15) is 18.4 Å².